The van der Waals surface area contributed by atoms with E-state index in [0.29, 0.717) is 0 Å². The standard InChI is InChI=1S/C11H13F2NO2/c1-11(2,6-14-10(15)16)8-5-7(12)3-4-9(8)13/h3-5,14H,6H2,1-2H3,(H,15,16). The van der Waals surface area contributed by atoms with Gasteiger partial charge in [0.2, 0.25) is 0 Å². The largest absolute Gasteiger partial charge is 0.465 e. The summed E-state index contributed by atoms with van der Waals surface area (Å²) in [6.07, 6.45) is -1.19. The highest BCUT2D eigenvalue weighted by Crippen LogP contribution is 2.25. The third kappa shape index (κ3) is 2.92. The molecule has 0 aliphatic carbocycles. The third-order valence-electron chi connectivity index (χ3n) is 2.34. The number of benzene rings is 1. The molecule has 0 aliphatic heterocycles. The molecule has 0 fully saturated rings. The van der Waals surface area contributed by atoms with Crippen LogP contribution in [0.1, 0.15) is 19.4 Å². The zero-order valence-electron chi connectivity index (χ0n) is 9.05. The summed E-state index contributed by atoms with van der Waals surface area (Å²) in [4.78, 5) is 10.4. The maximum absolute atomic E-state index is 13.4. The lowest BCUT2D eigenvalue weighted by molar-refractivity contribution is 0.191. The van der Waals surface area contributed by atoms with E-state index in [1.165, 1.54) is 0 Å². The second-order valence-corrected chi connectivity index (χ2v) is 4.17. The van der Waals surface area contributed by atoms with Crippen LogP contribution in [0.15, 0.2) is 18.2 Å². The van der Waals surface area contributed by atoms with E-state index in [2.05, 4.69) is 5.32 Å². The Hall–Kier alpha value is -1.65. The monoisotopic (exact) mass is 229 g/mol. The van der Waals surface area contributed by atoms with Gasteiger partial charge >= 0.3 is 6.09 Å². The van der Waals surface area contributed by atoms with Crippen LogP contribution in [0, 0.1) is 11.6 Å². The van der Waals surface area contributed by atoms with Crippen molar-refractivity contribution in [3.63, 3.8) is 0 Å². The topological polar surface area (TPSA) is 49.3 Å². The van der Waals surface area contributed by atoms with Crippen molar-refractivity contribution in [3.8, 4) is 0 Å². The number of carboxylic acid groups (broad SMARTS) is 1. The maximum atomic E-state index is 13.4. The van der Waals surface area contributed by atoms with Gasteiger partial charge in [0.05, 0.1) is 0 Å². The lowest BCUT2D eigenvalue weighted by Gasteiger charge is -2.25. The average molecular weight is 229 g/mol. The van der Waals surface area contributed by atoms with Crippen LogP contribution in [0.25, 0.3) is 0 Å². The highest BCUT2D eigenvalue weighted by atomic mass is 19.1. The molecular formula is C11H13F2NO2. The fourth-order valence-electron chi connectivity index (χ4n) is 1.41. The second kappa shape index (κ2) is 4.47. The summed E-state index contributed by atoms with van der Waals surface area (Å²) in [5, 5.41) is 10.6. The van der Waals surface area contributed by atoms with Crippen LogP contribution >= 0.6 is 0 Å². The lowest BCUT2D eigenvalue weighted by Crippen LogP contribution is -2.36. The minimum absolute atomic E-state index is 0.0166. The van der Waals surface area contributed by atoms with Gasteiger partial charge in [0.25, 0.3) is 0 Å². The van der Waals surface area contributed by atoms with Gasteiger partial charge in [-0.3, -0.25) is 0 Å². The first kappa shape index (κ1) is 12.4. The number of rotatable bonds is 3. The summed E-state index contributed by atoms with van der Waals surface area (Å²) in [5.74, 6) is -1.08. The van der Waals surface area contributed by atoms with Crippen molar-refractivity contribution in [3.05, 3.63) is 35.4 Å². The second-order valence-electron chi connectivity index (χ2n) is 4.17. The smallest absolute Gasteiger partial charge is 0.404 e. The number of hydrogen-bond acceptors (Lipinski definition) is 1. The number of carbonyl (C=O) groups is 1. The SMILES string of the molecule is CC(C)(CNC(=O)O)c1cc(F)ccc1F. The zero-order chi connectivity index (χ0) is 12.3. The Morgan fingerprint density at radius 2 is 2.06 bits per heavy atom. The predicted molar refractivity (Wildman–Crippen MR) is 55.4 cm³/mol. The van der Waals surface area contributed by atoms with E-state index in [-0.39, 0.29) is 12.1 Å². The molecule has 0 aliphatic rings. The van der Waals surface area contributed by atoms with Gasteiger partial charge in [-0.25, -0.2) is 13.6 Å². The van der Waals surface area contributed by atoms with Crippen LogP contribution in [0.2, 0.25) is 0 Å². The first-order chi connectivity index (χ1) is 7.33. The van der Waals surface area contributed by atoms with Crippen LogP contribution in [0.5, 0.6) is 0 Å². The summed E-state index contributed by atoms with van der Waals surface area (Å²) in [6.45, 7) is 3.30. The van der Waals surface area contributed by atoms with Gasteiger partial charge in [0.1, 0.15) is 11.6 Å². The summed E-state index contributed by atoms with van der Waals surface area (Å²) in [7, 11) is 0. The molecule has 1 aromatic rings. The van der Waals surface area contributed by atoms with Gasteiger partial charge < -0.3 is 10.4 Å². The van der Waals surface area contributed by atoms with Crippen molar-refractivity contribution in [1.82, 2.24) is 5.32 Å². The average Bonchev–Trinajstić information content (AvgIpc) is 2.19. The zero-order valence-corrected chi connectivity index (χ0v) is 9.05. The Morgan fingerprint density at radius 3 is 2.62 bits per heavy atom. The molecule has 0 saturated heterocycles. The molecule has 0 spiro atoms. The highest BCUT2D eigenvalue weighted by Gasteiger charge is 2.25. The van der Waals surface area contributed by atoms with Crippen molar-refractivity contribution in [2.45, 2.75) is 19.3 Å². The van der Waals surface area contributed by atoms with E-state index in [9.17, 15) is 13.6 Å². The molecule has 1 aromatic carbocycles. The summed E-state index contributed by atoms with van der Waals surface area (Å²) >= 11 is 0. The molecule has 3 nitrogen and oxygen atoms in total. The van der Waals surface area contributed by atoms with Crippen molar-refractivity contribution >= 4 is 6.09 Å². The molecule has 88 valence electrons. The van der Waals surface area contributed by atoms with Crippen molar-refractivity contribution < 1.29 is 18.7 Å². The van der Waals surface area contributed by atoms with Gasteiger partial charge in [-0.1, -0.05) is 13.8 Å². The third-order valence-corrected chi connectivity index (χ3v) is 2.34. The van der Waals surface area contributed by atoms with Crippen LogP contribution in [-0.4, -0.2) is 17.7 Å². The molecule has 1 amide bonds. The van der Waals surface area contributed by atoms with Gasteiger partial charge in [-0.2, -0.15) is 0 Å². The Balaban J connectivity index is 2.96. The quantitative estimate of drug-likeness (QED) is 0.836. The lowest BCUT2D eigenvalue weighted by atomic mass is 9.84. The fourth-order valence-corrected chi connectivity index (χ4v) is 1.41. The normalized spacial score (nSPS) is 11.2. The number of amides is 1. The fraction of sp³-hybridized carbons (Fsp3) is 0.364. The highest BCUT2D eigenvalue weighted by molar-refractivity contribution is 5.64. The van der Waals surface area contributed by atoms with E-state index < -0.39 is 23.1 Å². The first-order valence-electron chi connectivity index (χ1n) is 4.75. The van der Waals surface area contributed by atoms with E-state index in [1.807, 2.05) is 0 Å². The van der Waals surface area contributed by atoms with Crippen LogP contribution in [0.4, 0.5) is 13.6 Å². The molecule has 0 heterocycles. The Kier molecular flexibility index (Phi) is 3.47. The molecule has 2 N–H and O–H groups in total. The predicted octanol–water partition coefficient (Wildman–Crippen LogP) is 2.51. The van der Waals surface area contributed by atoms with Crippen molar-refractivity contribution in [1.29, 1.82) is 0 Å². The molecule has 0 aromatic heterocycles. The number of nitrogens with one attached hydrogen (secondary N) is 1. The summed E-state index contributed by atoms with van der Waals surface area (Å²) < 4.78 is 26.4. The van der Waals surface area contributed by atoms with Gasteiger partial charge in [0.15, 0.2) is 0 Å². The molecule has 0 radical (unpaired) electrons. The Labute approximate surface area is 92.1 Å². The van der Waals surface area contributed by atoms with E-state index in [0.717, 1.165) is 18.2 Å². The van der Waals surface area contributed by atoms with Crippen LogP contribution in [-0.2, 0) is 5.41 Å². The minimum Gasteiger partial charge on any atom is -0.465 e. The maximum Gasteiger partial charge on any atom is 0.404 e. The van der Waals surface area contributed by atoms with Gasteiger partial charge in [-0.05, 0) is 23.8 Å². The molecule has 0 saturated carbocycles. The van der Waals surface area contributed by atoms with Crippen LogP contribution in [0.3, 0.4) is 0 Å². The molecule has 0 atom stereocenters. The van der Waals surface area contributed by atoms with E-state index >= 15 is 0 Å². The molecule has 5 heteroatoms. The van der Waals surface area contributed by atoms with Gasteiger partial charge in [-0.15, -0.1) is 0 Å². The van der Waals surface area contributed by atoms with Crippen LogP contribution < -0.4 is 5.32 Å². The van der Waals surface area contributed by atoms with Crippen molar-refractivity contribution in [2.24, 2.45) is 0 Å². The van der Waals surface area contributed by atoms with E-state index in [1.54, 1.807) is 13.8 Å². The summed E-state index contributed by atoms with van der Waals surface area (Å²) in [5.41, 5.74) is -0.647. The molecular weight excluding hydrogens is 216 g/mol. The molecule has 0 bridgehead atoms. The number of halogens is 2. The Morgan fingerprint density at radius 1 is 1.44 bits per heavy atom. The minimum atomic E-state index is -1.19. The molecule has 1 rings (SSSR count). The summed E-state index contributed by atoms with van der Waals surface area (Å²) in [6, 6.07) is 3.14. The van der Waals surface area contributed by atoms with Gasteiger partial charge in [0, 0.05) is 12.0 Å². The number of hydrogen-bond donors (Lipinski definition) is 2. The van der Waals surface area contributed by atoms with Crippen molar-refractivity contribution in [2.75, 3.05) is 6.54 Å². The first-order valence-corrected chi connectivity index (χ1v) is 4.75. The molecule has 16 heavy (non-hydrogen) atoms. The van der Waals surface area contributed by atoms with E-state index in [4.69, 9.17) is 5.11 Å². The Bertz CT molecular complexity index is 405. The molecule has 0 unspecified atom stereocenters.